The van der Waals surface area contributed by atoms with Gasteiger partial charge in [0.1, 0.15) is 11.4 Å². The first kappa shape index (κ1) is 25.8. The summed E-state index contributed by atoms with van der Waals surface area (Å²) < 4.78 is 9.49. The highest BCUT2D eigenvalue weighted by Crippen LogP contribution is 2.22. The number of aromatic nitrogens is 5. The fraction of sp³-hybridized carbons (Fsp3) is 0.0400. The molecule has 0 bridgehead atoms. The van der Waals surface area contributed by atoms with Gasteiger partial charge in [-0.05, 0) is 36.4 Å². The summed E-state index contributed by atoms with van der Waals surface area (Å²) in [7, 11) is 0. The number of hydrogen-bond acceptors (Lipinski definition) is 11. The fourth-order valence-electron chi connectivity index (χ4n) is 2.67. The number of nitrogens with two attached hydrogens (primary N) is 1. The number of nitrogens with zero attached hydrogens (tertiary/aromatic N) is 7. The van der Waals surface area contributed by atoms with E-state index in [1.807, 2.05) is 12.1 Å². The zero-order valence-corrected chi connectivity index (χ0v) is 19.1. The Balaban J connectivity index is 0.000000156. The molecule has 0 saturated heterocycles. The Kier molecular flexibility index (Phi) is 9.64. The van der Waals surface area contributed by atoms with Gasteiger partial charge in [0, 0.05) is 66.0 Å². The van der Waals surface area contributed by atoms with Crippen LogP contribution in [0.5, 0.6) is 0 Å². The number of carbonyl (C=O) groups is 1. The zero-order chi connectivity index (χ0) is 26.3. The maximum absolute atomic E-state index is 11.0. The number of Topliss-reactive ketones (excluding diaryl/α,β-unsaturated/α-hetero) is 1. The third-order valence-corrected chi connectivity index (χ3v) is 4.36. The van der Waals surface area contributed by atoms with Crippen molar-refractivity contribution in [3.05, 3.63) is 103 Å². The van der Waals surface area contributed by atoms with Gasteiger partial charge < -0.3 is 19.6 Å². The quantitative estimate of drug-likeness (QED) is 0.162. The Hall–Kier alpha value is -5.79. The summed E-state index contributed by atoms with van der Waals surface area (Å²) >= 11 is 0. The van der Waals surface area contributed by atoms with E-state index in [0.29, 0.717) is 17.1 Å². The van der Waals surface area contributed by atoms with Crippen LogP contribution in [0.2, 0.25) is 0 Å². The van der Waals surface area contributed by atoms with Crippen LogP contribution in [0.4, 0.5) is 11.8 Å². The summed E-state index contributed by atoms with van der Waals surface area (Å²) in [6, 6.07) is 13.7. The highest BCUT2D eigenvalue weighted by molar-refractivity contribution is 5.98. The molecule has 0 amide bonds. The lowest BCUT2D eigenvalue weighted by Gasteiger charge is -1.90. The van der Waals surface area contributed by atoms with Crippen LogP contribution < -0.4 is 5.73 Å². The SMILES string of the molecule is Nc1cc(-c2ccncc2)no1.O=C=Nc1cc(-c2ccncc2)no1.[C-]#[N+]CC(=O)c1ccncc1. The van der Waals surface area contributed by atoms with Crippen molar-refractivity contribution in [2.45, 2.75) is 0 Å². The molecule has 12 nitrogen and oxygen atoms in total. The first-order valence-electron chi connectivity index (χ1n) is 10.4. The van der Waals surface area contributed by atoms with Gasteiger partial charge in [-0.25, -0.2) is 11.4 Å². The van der Waals surface area contributed by atoms with Gasteiger partial charge in [-0.15, -0.1) is 4.99 Å². The standard InChI is InChI=1S/C9H5N3O2.C8H7N3O.C8H6N2O/c13-6-11-9-5-8(12-14-9)7-1-3-10-4-2-7;9-8-5-7(11-12-8)6-1-3-10-4-2-6;1-9-6-8(11)7-2-4-10-5-3-7/h1-5H;1-5H,9H2;2-5H,6H2. The van der Waals surface area contributed by atoms with Crippen LogP contribution in [-0.2, 0) is 4.79 Å². The lowest BCUT2D eigenvalue weighted by Crippen LogP contribution is -2.00. The van der Waals surface area contributed by atoms with Gasteiger partial charge >= 0.3 is 0 Å². The van der Waals surface area contributed by atoms with Crippen molar-refractivity contribution in [3.63, 3.8) is 0 Å². The van der Waals surface area contributed by atoms with Crippen molar-refractivity contribution in [1.29, 1.82) is 0 Å². The Labute approximate surface area is 210 Å². The molecule has 0 aliphatic carbocycles. The van der Waals surface area contributed by atoms with E-state index in [1.165, 1.54) is 18.5 Å². The van der Waals surface area contributed by atoms with Gasteiger partial charge in [0.25, 0.3) is 12.4 Å². The number of anilines is 1. The van der Waals surface area contributed by atoms with E-state index in [2.05, 4.69) is 35.1 Å². The number of nitrogen functional groups attached to an aromatic ring is 1. The van der Waals surface area contributed by atoms with Crippen molar-refractivity contribution in [1.82, 2.24) is 25.3 Å². The predicted octanol–water partition coefficient (Wildman–Crippen LogP) is 4.21. The van der Waals surface area contributed by atoms with Crippen molar-refractivity contribution in [3.8, 4) is 22.5 Å². The second-order valence-electron chi connectivity index (χ2n) is 6.82. The van der Waals surface area contributed by atoms with Gasteiger partial charge in [0.05, 0.1) is 0 Å². The van der Waals surface area contributed by atoms with E-state index in [4.69, 9.17) is 21.4 Å². The van der Waals surface area contributed by atoms with Gasteiger partial charge in [-0.3, -0.25) is 19.7 Å². The van der Waals surface area contributed by atoms with Gasteiger partial charge in [-0.1, -0.05) is 10.3 Å². The van der Waals surface area contributed by atoms with Gasteiger partial charge in [-0.2, -0.15) is 0 Å². The number of carbonyl (C=O) groups excluding carboxylic acids is 2. The monoisotopic (exact) mass is 494 g/mol. The highest BCUT2D eigenvalue weighted by atomic mass is 16.5. The van der Waals surface area contributed by atoms with E-state index in [0.717, 1.165) is 16.8 Å². The molecule has 0 spiro atoms. The average Bonchev–Trinajstić information content (AvgIpc) is 3.61. The second-order valence-corrected chi connectivity index (χ2v) is 6.82. The summed E-state index contributed by atoms with van der Waals surface area (Å²) in [6.45, 7) is 6.39. The normalized spacial score (nSPS) is 9.38. The Morgan fingerprint density at radius 2 is 1.38 bits per heavy atom. The Morgan fingerprint density at radius 3 is 1.86 bits per heavy atom. The van der Waals surface area contributed by atoms with Crippen LogP contribution in [0.1, 0.15) is 10.4 Å². The molecule has 5 aromatic heterocycles. The van der Waals surface area contributed by atoms with E-state index >= 15 is 0 Å². The third-order valence-electron chi connectivity index (χ3n) is 4.36. The molecule has 182 valence electrons. The minimum atomic E-state index is -0.151. The number of isocyanates is 1. The van der Waals surface area contributed by atoms with E-state index < -0.39 is 0 Å². The maximum Gasteiger partial charge on any atom is 0.276 e. The topological polar surface area (TPSA) is 168 Å². The molecule has 5 heterocycles. The molecule has 12 heteroatoms. The maximum atomic E-state index is 11.0. The molecule has 0 aromatic carbocycles. The minimum Gasteiger partial charge on any atom is -0.368 e. The molecule has 5 rings (SSSR count). The lowest BCUT2D eigenvalue weighted by atomic mass is 10.2. The first-order chi connectivity index (χ1) is 18.1. The van der Waals surface area contributed by atoms with Crippen LogP contribution in [0, 0.1) is 6.57 Å². The van der Waals surface area contributed by atoms with Gasteiger partial charge in [0.15, 0.2) is 0 Å². The molecule has 0 saturated carbocycles. The molecule has 2 N–H and O–H groups in total. The minimum absolute atomic E-state index is 0.0794. The van der Waals surface area contributed by atoms with Crippen LogP contribution in [0.3, 0.4) is 0 Å². The third kappa shape index (κ3) is 8.18. The average molecular weight is 494 g/mol. The predicted molar refractivity (Wildman–Crippen MR) is 132 cm³/mol. The molecular formula is C25H18N8O4. The van der Waals surface area contributed by atoms with Crippen LogP contribution in [0.25, 0.3) is 27.4 Å². The Bertz CT molecular complexity index is 1490. The largest absolute Gasteiger partial charge is 0.368 e. The van der Waals surface area contributed by atoms with Crippen molar-refractivity contribution in [2.75, 3.05) is 12.3 Å². The summed E-state index contributed by atoms with van der Waals surface area (Å²) in [4.78, 5) is 38.7. The number of rotatable bonds is 5. The molecular weight excluding hydrogens is 476 g/mol. The van der Waals surface area contributed by atoms with Crippen LogP contribution in [0.15, 0.2) is 99.8 Å². The van der Waals surface area contributed by atoms with E-state index in [-0.39, 0.29) is 18.2 Å². The van der Waals surface area contributed by atoms with E-state index in [1.54, 1.807) is 61.2 Å². The summed E-state index contributed by atoms with van der Waals surface area (Å²) in [5.41, 5.74) is 9.07. The van der Waals surface area contributed by atoms with Crippen LogP contribution in [-0.4, -0.2) is 43.7 Å². The van der Waals surface area contributed by atoms with E-state index in [9.17, 15) is 9.59 Å². The molecule has 0 aliphatic heterocycles. The molecule has 5 aromatic rings. The molecule has 0 fully saturated rings. The zero-order valence-electron chi connectivity index (χ0n) is 19.1. The molecule has 0 aliphatic rings. The molecule has 0 radical (unpaired) electrons. The summed E-state index contributed by atoms with van der Waals surface area (Å²) in [5.74, 6) is 0.316. The number of hydrogen-bond donors (Lipinski definition) is 1. The highest BCUT2D eigenvalue weighted by Gasteiger charge is 2.06. The Morgan fingerprint density at radius 1 is 0.865 bits per heavy atom. The number of ketones is 1. The molecule has 37 heavy (non-hydrogen) atoms. The number of pyridine rings is 3. The summed E-state index contributed by atoms with van der Waals surface area (Å²) in [5, 5.41) is 7.49. The first-order valence-corrected chi connectivity index (χ1v) is 10.4. The van der Waals surface area contributed by atoms with Crippen molar-refractivity contribution in [2.24, 2.45) is 4.99 Å². The smallest absolute Gasteiger partial charge is 0.276 e. The van der Waals surface area contributed by atoms with Crippen molar-refractivity contribution >= 4 is 23.6 Å². The van der Waals surface area contributed by atoms with Crippen molar-refractivity contribution < 1.29 is 18.6 Å². The molecule has 0 atom stereocenters. The second kappa shape index (κ2) is 13.8. The fourth-order valence-corrected chi connectivity index (χ4v) is 2.67. The summed E-state index contributed by atoms with van der Waals surface area (Å²) in [6.07, 6.45) is 11.1. The van der Waals surface area contributed by atoms with Crippen LogP contribution >= 0.6 is 0 Å². The van der Waals surface area contributed by atoms with Gasteiger partial charge in [0.2, 0.25) is 17.7 Å². The number of aliphatic imine (C=N–C) groups is 1. The lowest BCUT2D eigenvalue weighted by molar-refractivity contribution is 0.101. The molecule has 0 unspecified atom stereocenters.